The summed E-state index contributed by atoms with van der Waals surface area (Å²) in [5, 5.41) is 2.89. The Morgan fingerprint density at radius 2 is 1.74 bits per heavy atom. The first-order valence-corrected chi connectivity index (χ1v) is 12.9. The van der Waals surface area contributed by atoms with Crippen LogP contribution in [-0.2, 0) is 14.3 Å². The third-order valence-corrected chi connectivity index (χ3v) is 6.99. The van der Waals surface area contributed by atoms with Crippen molar-refractivity contribution in [1.29, 1.82) is 0 Å². The molecule has 1 fully saturated rings. The van der Waals surface area contributed by atoms with Gasteiger partial charge in [-0.05, 0) is 44.2 Å². The molecule has 1 aromatic rings. The molecule has 1 aromatic heterocycles. The van der Waals surface area contributed by atoms with E-state index in [4.69, 9.17) is 9.47 Å². The number of methoxy groups -OCH3 is 2. The van der Waals surface area contributed by atoms with Crippen LogP contribution < -0.4 is 10.9 Å². The Kier molecular flexibility index (Phi) is 11.3. The zero-order chi connectivity index (χ0) is 25.8. The molecule has 0 saturated heterocycles. The predicted octanol–water partition coefficient (Wildman–Crippen LogP) is 5.75. The standard InChI is InChI=1S/C28H42N2O5/c1-6-8-9-13-16-22(20(3)34-4)24-21(7-2)19-23(25(31)29-24)26(32)30-28(27(33)35-5)17-14-11-10-12-15-18-28/h7,19H,2,6,8-18H2,1,3-5H3,(H,29,31)(H,30,32)/b22-20+. The summed E-state index contributed by atoms with van der Waals surface area (Å²) in [6, 6.07) is 1.55. The van der Waals surface area contributed by atoms with Crippen molar-refractivity contribution in [1.82, 2.24) is 10.3 Å². The van der Waals surface area contributed by atoms with E-state index in [1.165, 1.54) is 7.11 Å². The Bertz CT molecular complexity index is 968. The molecule has 2 rings (SSSR count). The molecule has 1 saturated carbocycles. The molecule has 0 atom stereocenters. The highest BCUT2D eigenvalue weighted by molar-refractivity contribution is 5.98. The Labute approximate surface area is 209 Å². The fraction of sp³-hybridized carbons (Fsp3) is 0.607. The normalized spacial score (nSPS) is 16.3. The number of hydrogen-bond donors (Lipinski definition) is 2. The molecule has 7 heteroatoms. The summed E-state index contributed by atoms with van der Waals surface area (Å²) in [5.74, 6) is -0.321. The quantitative estimate of drug-likeness (QED) is 0.236. The van der Waals surface area contributed by atoms with E-state index in [9.17, 15) is 14.4 Å². The van der Waals surface area contributed by atoms with Crippen LogP contribution >= 0.6 is 0 Å². The number of aromatic nitrogens is 1. The molecule has 0 aliphatic heterocycles. The molecule has 0 bridgehead atoms. The summed E-state index contributed by atoms with van der Waals surface area (Å²) in [6.45, 7) is 7.93. The number of allylic oxidation sites excluding steroid dienone is 2. The largest absolute Gasteiger partial charge is 0.501 e. The van der Waals surface area contributed by atoms with Gasteiger partial charge >= 0.3 is 5.97 Å². The van der Waals surface area contributed by atoms with Crippen molar-refractivity contribution in [3.8, 4) is 0 Å². The van der Waals surface area contributed by atoms with E-state index in [0.29, 0.717) is 24.1 Å². The average molecular weight is 487 g/mol. The number of aromatic amines is 1. The fourth-order valence-corrected chi connectivity index (χ4v) is 4.82. The number of H-pyrrole nitrogens is 1. The van der Waals surface area contributed by atoms with Crippen molar-refractivity contribution in [2.45, 2.75) is 96.4 Å². The van der Waals surface area contributed by atoms with Crippen LogP contribution in [0.15, 0.2) is 23.2 Å². The third-order valence-electron chi connectivity index (χ3n) is 6.99. The van der Waals surface area contributed by atoms with Gasteiger partial charge in [0.15, 0.2) is 0 Å². The lowest BCUT2D eigenvalue weighted by Crippen LogP contribution is -2.56. The molecule has 0 aromatic carbocycles. The third kappa shape index (κ3) is 7.33. The Balaban J connectivity index is 2.42. The summed E-state index contributed by atoms with van der Waals surface area (Å²) in [4.78, 5) is 42.1. The molecule has 1 heterocycles. The highest BCUT2D eigenvalue weighted by Gasteiger charge is 2.41. The lowest BCUT2D eigenvalue weighted by Gasteiger charge is -2.33. The van der Waals surface area contributed by atoms with Gasteiger partial charge in [-0.25, -0.2) is 4.79 Å². The SMILES string of the molecule is C=Cc1cc(C(=O)NC2(C(=O)OC)CCCCCCC2)c(=O)[nH]c1/C(CCCCCC)=C(\C)OC. The van der Waals surface area contributed by atoms with Gasteiger partial charge in [0.05, 0.1) is 25.7 Å². The second-order valence-electron chi connectivity index (χ2n) is 9.39. The number of esters is 1. The molecule has 1 aliphatic rings. The van der Waals surface area contributed by atoms with Crippen LogP contribution in [0.2, 0.25) is 0 Å². The molecule has 1 aliphatic carbocycles. The molecule has 0 unspecified atom stereocenters. The van der Waals surface area contributed by atoms with E-state index in [1.54, 1.807) is 19.3 Å². The van der Waals surface area contributed by atoms with E-state index in [2.05, 4.69) is 23.8 Å². The number of rotatable bonds is 11. The van der Waals surface area contributed by atoms with Crippen LogP contribution in [0.5, 0.6) is 0 Å². The Morgan fingerprint density at radius 1 is 1.09 bits per heavy atom. The van der Waals surface area contributed by atoms with Crippen LogP contribution in [0.4, 0.5) is 0 Å². The minimum atomic E-state index is -1.12. The minimum absolute atomic E-state index is 0.0469. The number of amides is 1. The van der Waals surface area contributed by atoms with Gasteiger partial charge in [-0.15, -0.1) is 0 Å². The first-order valence-electron chi connectivity index (χ1n) is 12.9. The lowest BCUT2D eigenvalue weighted by molar-refractivity contribution is -0.149. The summed E-state index contributed by atoms with van der Waals surface area (Å²) in [7, 11) is 2.94. The molecule has 7 nitrogen and oxygen atoms in total. The Morgan fingerprint density at radius 3 is 2.31 bits per heavy atom. The fourth-order valence-electron chi connectivity index (χ4n) is 4.82. The number of carbonyl (C=O) groups is 2. The van der Waals surface area contributed by atoms with Crippen LogP contribution in [0, 0.1) is 0 Å². The monoisotopic (exact) mass is 486 g/mol. The number of carbonyl (C=O) groups excluding carboxylic acids is 2. The van der Waals surface area contributed by atoms with Gasteiger partial charge in [0, 0.05) is 5.57 Å². The molecule has 0 radical (unpaired) electrons. The maximum atomic E-state index is 13.3. The zero-order valence-electron chi connectivity index (χ0n) is 21.9. The molecule has 1 amide bonds. The highest BCUT2D eigenvalue weighted by atomic mass is 16.5. The number of pyridine rings is 1. The highest BCUT2D eigenvalue weighted by Crippen LogP contribution is 2.29. The van der Waals surface area contributed by atoms with E-state index in [0.717, 1.165) is 75.5 Å². The number of hydrogen-bond acceptors (Lipinski definition) is 5. The predicted molar refractivity (Wildman–Crippen MR) is 140 cm³/mol. The van der Waals surface area contributed by atoms with Crippen molar-refractivity contribution in [3.63, 3.8) is 0 Å². The molecular weight excluding hydrogens is 444 g/mol. The average Bonchev–Trinajstić information content (AvgIpc) is 2.84. The van der Waals surface area contributed by atoms with Gasteiger partial charge in [0.2, 0.25) is 0 Å². The molecule has 194 valence electrons. The van der Waals surface area contributed by atoms with E-state index >= 15 is 0 Å². The molecule has 2 N–H and O–H groups in total. The number of unbranched alkanes of at least 4 members (excludes halogenated alkanes) is 3. The first-order chi connectivity index (χ1) is 16.8. The van der Waals surface area contributed by atoms with Crippen molar-refractivity contribution in [2.24, 2.45) is 0 Å². The van der Waals surface area contributed by atoms with Gasteiger partial charge in [-0.3, -0.25) is 9.59 Å². The second-order valence-corrected chi connectivity index (χ2v) is 9.39. The van der Waals surface area contributed by atoms with Gasteiger partial charge in [-0.1, -0.05) is 70.9 Å². The van der Waals surface area contributed by atoms with E-state index in [-0.39, 0.29) is 5.56 Å². The topological polar surface area (TPSA) is 97.5 Å². The first kappa shape index (κ1) is 28.4. The second kappa shape index (κ2) is 13.9. The van der Waals surface area contributed by atoms with Crippen molar-refractivity contribution in [3.05, 3.63) is 45.6 Å². The number of nitrogens with one attached hydrogen (secondary N) is 2. The van der Waals surface area contributed by atoms with E-state index < -0.39 is 23.0 Å². The van der Waals surface area contributed by atoms with Gasteiger partial charge in [0.25, 0.3) is 11.5 Å². The Hall–Kier alpha value is -2.83. The molecule has 35 heavy (non-hydrogen) atoms. The van der Waals surface area contributed by atoms with Crippen LogP contribution in [0.1, 0.15) is 113 Å². The lowest BCUT2D eigenvalue weighted by atomic mass is 9.83. The van der Waals surface area contributed by atoms with Crippen LogP contribution in [0.25, 0.3) is 11.6 Å². The molecule has 0 spiro atoms. The van der Waals surface area contributed by atoms with Crippen LogP contribution in [0.3, 0.4) is 0 Å². The van der Waals surface area contributed by atoms with E-state index in [1.807, 2.05) is 6.92 Å². The zero-order valence-corrected chi connectivity index (χ0v) is 21.9. The van der Waals surface area contributed by atoms with Gasteiger partial charge in [0.1, 0.15) is 11.1 Å². The summed E-state index contributed by atoms with van der Waals surface area (Å²) < 4.78 is 10.6. The summed E-state index contributed by atoms with van der Waals surface area (Å²) in [6.07, 6.45) is 12.4. The summed E-state index contributed by atoms with van der Waals surface area (Å²) in [5.41, 5.74) is 0.474. The summed E-state index contributed by atoms with van der Waals surface area (Å²) >= 11 is 0. The smallest absolute Gasteiger partial charge is 0.331 e. The van der Waals surface area contributed by atoms with Gasteiger partial charge < -0.3 is 19.8 Å². The van der Waals surface area contributed by atoms with Crippen molar-refractivity contribution in [2.75, 3.05) is 14.2 Å². The van der Waals surface area contributed by atoms with Crippen molar-refractivity contribution < 1.29 is 19.1 Å². The van der Waals surface area contributed by atoms with Gasteiger partial charge in [-0.2, -0.15) is 0 Å². The molecular formula is C28H42N2O5. The minimum Gasteiger partial charge on any atom is -0.501 e. The number of ether oxygens (including phenoxy) is 2. The maximum Gasteiger partial charge on any atom is 0.331 e. The van der Waals surface area contributed by atoms with Crippen molar-refractivity contribution >= 4 is 23.5 Å². The van der Waals surface area contributed by atoms with Crippen LogP contribution in [-0.4, -0.2) is 36.6 Å². The maximum absolute atomic E-state index is 13.3.